The van der Waals surface area contributed by atoms with Crippen LogP contribution in [0.1, 0.15) is 33.5 Å². The van der Waals surface area contributed by atoms with Crippen LogP contribution < -0.4 is 4.90 Å². The average Bonchev–Trinajstić information content (AvgIpc) is 3.62. The summed E-state index contributed by atoms with van der Waals surface area (Å²) in [5.41, 5.74) is 7.06. The second-order valence-electron chi connectivity index (χ2n) is 10.6. The van der Waals surface area contributed by atoms with Gasteiger partial charge in [0.2, 0.25) is 0 Å². The summed E-state index contributed by atoms with van der Waals surface area (Å²) in [6.45, 7) is 3.92. The highest BCUT2D eigenvalue weighted by Gasteiger charge is 2.31. The predicted octanol–water partition coefficient (Wildman–Crippen LogP) is 5.83. The zero-order valence-electron chi connectivity index (χ0n) is 23.0. The molecule has 5 aromatic rings. The van der Waals surface area contributed by atoms with Gasteiger partial charge in [-0.25, -0.2) is 9.78 Å². The van der Waals surface area contributed by atoms with Gasteiger partial charge in [0.25, 0.3) is 0 Å². The highest BCUT2D eigenvalue weighted by molar-refractivity contribution is 5.95. The Morgan fingerprint density at radius 3 is 2.60 bits per heavy atom. The molecule has 0 amide bonds. The molecule has 1 fully saturated rings. The molecule has 0 aliphatic carbocycles. The van der Waals surface area contributed by atoms with Crippen molar-refractivity contribution >= 4 is 28.5 Å². The van der Waals surface area contributed by atoms with E-state index in [-0.39, 0.29) is 12.6 Å². The number of benzene rings is 3. The van der Waals surface area contributed by atoms with Gasteiger partial charge in [-0.2, -0.15) is 5.26 Å². The molecule has 7 nitrogen and oxygen atoms in total. The summed E-state index contributed by atoms with van der Waals surface area (Å²) in [6, 6.07) is 28.0. The number of nitrogens with zero attached hydrogens (tertiary/aromatic N) is 5. The topological polar surface area (TPSA) is 73.9 Å². The maximum atomic E-state index is 13.1. The van der Waals surface area contributed by atoms with E-state index < -0.39 is 0 Å². The minimum Gasteiger partial charge on any atom is -0.457 e. The number of carbonyl (C=O) groups is 1. The maximum Gasteiger partial charge on any atom is 0.338 e. The summed E-state index contributed by atoms with van der Waals surface area (Å²) in [5.74, 6) is 0.618. The molecule has 0 radical (unpaired) electrons. The van der Waals surface area contributed by atoms with E-state index in [1.165, 1.54) is 0 Å². The Bertz CT molecular complexity index is 1770. The fourth-order valence-electron chi connectivity index (χ4n) is 5.72. The van der Waals surface area contributed by atoms with Gasteiger partial charge in [-0.15, -0.1) is 0 Å². The van der Waals surface area contributed by atoms with E-state index in [0.29, 0.717) is 22.8 Å². The number of imidazole rings is 1. The molecular formula is C33H31N5O2. The molecule has 0 spiro atoms. The number of esters is 1. The summed E-state index contributed by atoms with van der Waals surface area (Å²) in [7, 11) is 4.23. The Balaban J connectivity index is 1.52. The third-order valence-electron chi connectivity index (χ3n) is 7.87. The van der Waals surface area contributed by atoms with Crippen LogP contribution >= 0.6 is 0 Å². The van der Waals surface area contributed by atoms with E-state index in [4.69, 9.17) is 9.72 Å². The van der Waals surface area contributed by atoms with Gasteiger partial charge in [-0.1, -0.05) is 54.6 Å². The lowest BCUT2D eigenvalue weighted by Gasteiger charge is -2.27. The lowest BCUT2D eigenvalue weighted by Crippen LogP contribution is -2.32. The van der Waals surface area contributed by atoms with Crippen molar-refractivity contribution in [1.29, 1.82) is 5.26 Å². The first-order chi connectivity index (χ1) is 19.5. The molecular weight excluding hydrogens is 498 g/mol. The van der Waals surface area contributed by atoms with Crippen molar-refractivity contribution < 1.29 is 9.53 Å². The number of fused-ring (bicyclic) bond motifs is 3. The molecule has 3 aromatic carbocycles. The third kappa shape index (κ3) is 4.47. The van der Waals surface area contributed by atoms with Gasteiger partial charge < -0.3 is 14.5 Å². The number of aromatic nitrogens is 2. The Labute approximate surface area is 233 Å². The number of rotatable bonds is 6. The van der Waals surface area contributed by atoms with Crippen LogP contribution in [0.5, 0.6) is 0 Å². The van der Waals surface area contributed by atoms with Gasteiger partial charge in [0.1, 0.15) is 18.5 Å². The molecule has 0 bridgehead atoms. The largest absolute Gasteiger partial charge is 0.457 e. The third-order valence-corrected chi connectivity index (χ3v) is 7.87. The Morgan fingerprint density at radius 1 is 1.07 bits per heavy atom. The van der Waals surface area contributed by atoms with Crippen LogP contribution in [0.4, 0.5) is 5.82 Å². The van der Waals surface area contributed by atoms with E-state index >= 15 is 0 Å². The first-order valence-electron chi connectivity index (χ1n) is 13.5. The predicted molar refractivity (Wildman–Crippen MR) is 157 cm³/mol. The van der Waals surface area contributed by atoms with Crippen molar-refractivity contribution in [2.75, 3.05) is 32.1 Å². The number of anilines is 1. The molecule has 1 aliphatic rings. The second-order valence-corrected chi connectivity index (χ2v) is 10.6. The number of pyridine rings is 1. The Kier molecular flexibility index (Phi) is 6.71. The minimum atomic E-state index is -0.381. The molecule has 7 heteroatoms. The van der Waals surface area contributed by atoms with E-state index in [2.05, 4.69) is 40.4 Å². The number of nitriles is 1. The fourth-order valence-corrected chi connectivity index (χ4v) is 5.72. The standard InChI is InChI=1S/C33H31N5O2/c1-22-27(19-34)31-35-28-14-7-8-15-29(28)38(31)32(37-17-16-26(20-37)36(2)3)30(22)24-12-9-13-25(18-24)33(39)40-21-23-10-5-4-6-11-23/h4-15,18,26H,16-17,20-21H2,1-3H3/t26-/m0/s1. The van der Waals surface area contributed by atoms with Crippen molar-refractivity contribution in [2.24, 2.45) is 0 Å². The molecule has 0 saturated carbocycles. The minimum absolute atomic E-state index is 0.208. The summed E-state index contributed by atoms with van der Waals surface area (Å²) in [6.07, 6.45) is 1.03. The smallest absolute Gasteiger partial charge is 0.338 e. The average molecular weight is 530 g/mol. The molecule has 40 heavy (non-hydrogen) atoms. The zero-order valence-corrected chi connectivity index (χ0v) is 23.0. The summed E-state index contributed by atoms with van der Waals surface area (Å²) < 4.78 is 7.78. The van der Waals surface area contributed by atoms with Crippen LogP contribution in [0.25, 0.3) is 27.8 Å². The fraction of sp³-hybridized carbons (Fsp3) is 0.242. The normalized spacial score (nSPS) is 15.2. The second kappa shape index (κ2) is 10.5. The molecule has 1 atom stereocenters. The van der Waals surface area contributed by atoms with Gasteiger partial charge in [0.15, 0.2) is 5.65 Å². The SMILES string of the molecule is Cc1c(-c2cccc(C(=O)OCc3ccccc3)c2)c(N2CC[C@H](N(C)C)C2)n2c(nc3ccccc32)c1C#N. The van der Waals surface area contributed by atoms with Crippen LogP contribution in [0.3, 0.4) is 0 Å². The van der Waals surface area contributed by atoms with Crippen LogP contribution in [0, 0.1) is 18.3 Å². The molecule has 6 rings (SSSR count). The molecule has 1 aliphatic heterocycles. The van der Waals surface area contributed by atoms with Crippen molar-refractivity contribution in [2.45, 2.75) is 26.0 Å². The van der Waals surface area contributed by atoms with E-state index in [9.17, 15) is 10.1 Å². The first kappa shape index (κ1) is 25.6. The number of ether oxygens (including phenoxy) is 1. The molecule has 200 valence electrons. The van der Waals surface area contributed by atoms with Crippen LogP contribution in [-0.4, -0.2) is 53.5 Å². The molecule has 0 unspecified atom stereocenters. The molecule has 2 aromatic heterocycles. The maximum absolute atomic E-state index is 13.1. The lowest BCUT2D eigenvalue weighted by atomic mass is 9.96. The number of hydrogen-bond donors (Lipinski definition) is 0. The van der Waals surface area contributed by atoms with E-state index in [0.717, 1.165) is 58.6 Å². The number of hydrogen-bond acceptors (Lipinski definition) is 6. The van der Waals surface area contributed by atoms with Crippen LogP contribution in [-0.2, 0) is 11.3 Å². The van der Waals surface area contributed by atoms with E-state index in [1.807, 2.05) is 73.7 Å². The van der Waals surface area contributed by atoms with Crippen molar-refractivity contribution in [3.63, 3.8) is 0 Å². The highest BCUT2D eigenvalue weighted by atomic mass is 16.5. The molecule has 0 N–H and O–H groups in total. The molecule has 3 heterocycles. The van der Waals surface area contributed by atoms with Gasteiger partial charge in [0.05, 0.1) is 22.2 Å². The number of carbonyl (C=O) groups excluding carboxylic acids is 1. The summed E-state index contributed by atoms with van der Waals surface area (Å²) in [5, 5.41) is 10.3. The van der Waals surface area contributed by atoms with E-state index in [1.54, 1.807) is 6.07 Å². The van der Waals surface area contributed by atoms with Crippen molar-refractivity contribution in [3.05, 3.63) is 101 Å². The van der Waals surface area contributed by atoms with Gasteiger partial charge >= 0.3 is 5.97 Å². The quantitative estimate of drug-likeness (QED) is 0.258. The Morgan fingerprint density at radius 2 is 1.85 bits per heavy atom. The summed E-state index contributed by atoms with van der Waals surface area (Å²) >= 11 is 0. The Hall–Kier alpha value is -4.67. The molecule has 1 saturated heterocycles. The van der Waals surface area contributed by atoms with Crippen LogP contribution in [0.2, 0.25) is 0 Å². The first-order valence-corrected chi connectivity index (χ1v) is 13.5. The monoisotopic (exact) mass is 529 g/mol. The highest BCUT2D eigenvalue weighted by Crippen LogP contribution is 2.41. The number of likely N-dealkylation sites (N-methyl/N-ethyl adjacent to an activating group) is 1. The van der Waals surface area contributed by atoms with Crippen molar-refractivity contribution in [1.82, 2.24) is 14.3 Å². The van der Waals surface area contributed by atoms with Gasteiger partial charge in [0, 0.05) is 24.7 Å². The number of para-hydroxylation sites is 2. The lowest BCUT2D eigenvalue weighted by molar-refractivity contribution is 0.0472. The summed E-state index contributed by atoms with van der Waals surface area (Å²) in [4.78, 5) is 22.7. The van der Waals surface area contributed by atoms with Crippen LogP contribution in [0.15, 0.2) is 78.9 Å². The van der Waals surface area contributed by atoms with Crippen molar-refractivity contribution in [3.8, 4) is 17.2 Å². The zero-order chi connectivity index (χ0) is 27.8. The van der Waals surface area contributed by atoms with Gasteiger partial charge in [-0.05, 0) is 68.4 Å². The van der Waals surface area contributed by atoms with Gasteiger partial charge in [-0.3, -0.25) is 4.40 Å².